The molecule has 0 unspecified atom stereocenters. The van der Waals surface area contributed by atoms with Gasteiger partial charge in [0.1, 0.15) is 0 Å². The van der Waals surface area contributed by atoms with Gasteiger partial charge in [-0.05, 0) is 81.6 Å². The van der Waals surface area contributed by atoms with Crippen molar-refractivity contribution in [3.63, 3.8) is 0 Å². The molecule has 0 aliphatic heterocycles. The molecule has 0 bridgehead atoms. The largest absolute Gasteiger partial charge is 0.309 e. The monoisotopic (exact) mass is 662 g/mol. The van der Waals surface area contributed by atoms with Gasteiger partial charge in [0.2, 0.25) is 5.95 Å². The van der Waals surface area contributed by atoms with Crippen molar-refractivity contribution in [3.05, 3.63) is 182 Å². The minimum atomic E-state index is 0.680. The fourth-order valence-electron chi connectivity index (χ4n) is 8.12. The van der Waals surface area contributed by atoms with Crippen LogP contribution in [0.25, 0.3) is 99.2 Å². The number of hydrogen-bond acceptors (Lipinski definition) is 2. The van der Waals surface area contributed by atoms with E-state index in [1.165, 1.54) is 65.6 Å². The minimum absolute atomic E-state index is 0.680. The molecule has 0 N–H and O–H groups in total. The van der Waals surface area contributed by atoms with Crippen molar-refractivity contribution in [1.82, 2.24) is 19.1 Å². The molecule has 11 rings (SSSR count). The number of aromatic nitrogens is 4. The van der Waals surface area contributed by atoms with Gasteiger partial charge in [-0.1, -0.05) is 127 Å². The quantitative estimate of drug-likeness (QED) is 0.188. The maximum Gasteiger partial charge on any atom is 0.235 e. The van der Waals surface area contributed by atoms with Crippen molar-refractivity contribution in [3.8, 4) is 33.9 Å². The Balaban J connectivity index is 1.06. The van der Waals surface area contributed by atoms with Gasteiger partial charge >= 0.3 is 0 Å². The Bertz CT molecular complexity index is 3170. The molecule has 0 saturated heterocycles. The van der Waals surface area contributed by atoms with E-state index in [0.717, 1.165) is 27.6 Å². The summed E-state index contributed by atoms with van der Waals surface area (Å²) in [6.07, 6.45) is 1.92. The number of hydrogen-bond donors (Lipinski definition) is 0. The van der Waals surface area contributed by atoms with Crippen LogP contribution in [0.3, 0.4) is 0 Å². The molecule has 0 saturated carbocycles. The highest BCUT2D eigenvalue weighted by Gasteiger charge is 2.18. The third-order valence-corrected chi connectivity index (χ3v) is 10.6. The fraction of sp³-hybridized carbons (Fsp3) is 0. The van der Waals surface area contributed by atoms with E-state index in [9.17, 15) is 0 Å². The van der Waals surface area contributed by atoms with Crippen molar-refractivity contribution in [2.45, 2.75) is 0 Å². The molecule has 3 heterocycles. The maximum absolute atomic E-state index is 4.99. The first-order valence-electron chi connectivity index (χ1n) is 17.7. The second kappa shape index (κ2) is 11.2. The second-order valence-electron chi connectivity index (χ2n) is 13.5. The van der Waals surface area contributed by atoms with E-state index in [1.807, 2.05) is 24.4 Å². The van der Waals surface area contributed by atoms with E-state index >= 15 is 0 Å². The first-order chi connectivity index (χ1) is 25.8. The minimum Gasteiger partial charge on any atom is -0.309 e. The van der Waals surface area contributed by atoms with Gasteiger partial charge in [0, 0.05) is 38.8 Å². The lowest BCUT2D eigenvalue weighted by Gasteiger charge is -2.11. The number of rotatable bonds is 4. The van der Waals surface area contributed by atoms with Crippen LogP contribution in [-0.2, 0) is 0 Å². The summed E-state index contributed by atoms with van der Waals surface area (Å²) in [6, 6.07) is 63.2. The SMILES string of the molecule is c1ccc(-c2ccc(-n3c4ccccc4c4ccc(-c5ccc6c(ccc7c6c6ccccc6n7-c6ncc7ccccc7n6)c5)cc43)cc2)cc1. The molecule has 8 aromatic carbocycles. The van der Waals surface area contributed by atoms with Crippen LogP contribution >= 0.6 is 0 Å². The summed E-state index contributed by atoms with van der Waals surface area (Å²) in [5.41, 5.74) is 11.5. The van der Waals surface area contributed by atoms with Crippen molar-refractivity contribution in [2.24, 2.45) is 0 Å². The van der Waals surface area contributed by atoms with E-state index in [4.69, 9.17) is 9.97 Å². The van der Waals surface area contributed by atoms with Crippen LogP contribution in [0.1, 0.15) is 0 Å². The van der Waals surface area contributed by atoms with Crippen LogP contribution in [0.15, 0.2) is 182 Å². The van der Waals surface area contributed by atoms with Crippen LogP contribution in [0.2, 0.25) is 0 Å². The van der Waals surface area contributed by atoms with Crippen LogP contribution in [0.5, 0.6) is 0 Å². The van der Waals surface area contributed by atoms with E-state index in [2.05, 4.69) is 167 Å². The Kier molecular flexibility index (Phi) is 6.22. The molecule has 4 heteroatoms. The smallest absolute Gasteiger partial charge is 0.235 e. The number of nitrogens with zero attached hydrogens (tertiary/aromatic N) is 4. The summed E-state index contributed by atoms with van der Waals surface area (Å²) >= 11 is 0. The first-order valence-corrected chi connectivity index (χ1v) is 17.7. The van der Waals surface area contributed by atoms with E-state index in [1.54, 1.807) is 0 Å². The summed E-state index contributed by atoms with van der Waals surface area (Å²) in [5.74, 6) is 0.680. The average molecular weight is 663 g/mol. The molecule has 0 spiro atoms. The predicted molar refractivity (Wildman–Crippen MR) is 217 cm³/mol. The summed E-state index contributed by atoms with van der Waals surface area (Å²) in [7, 11) is 0. The molecular formula is C48H30N4. The van der Waals surface area contributed by atoms with Crippen molar-refractivity contribution < 1.29 is 0 Å². The molecule has 242 valence electrons. The summed E-state index contributed by atoms with van der Waals surface area (Å²) in [6.45, 7) is 0. The van der Waals surface area contributed by atoms with E-state index < -0.39 is 0 Å². The Morgan fingerprint density at radius 3 is 1.85 bits per heavy atom. The molecular weight excluding hydrogens is 633 g/mol. The normalized spacial score (nSPS) is 11.8. The lowest BCUT2D eigenvalue weighted by Crippen LogP contribution is -2.00. The zero-order valence-electron chi connectivity index (χ0n) is 28.1. The van der Waals surface area contributed by atoms with Gasteiger partial charge in [-0.2, -0.15) is 0 Å². The highest BCUT2D eigenvalue weighted by atomic mass is 15.2. The molecule has 3 aromatic heterocycles. The van der Waals surface area contributed by atoms with Crippen LogP contribution in [-0.4, -0.2) is 19.1 Å². The summed E-state index contributed by atoms with van der Waals surface area (Å²) in [4.78, 5) is 9.81. The molecule has 52 heavy (non-hydrogen) atoms. The summed E-state index contributed by atoms with van der Waals surface area (Å²) in [5, 5.41) is 8.35. The Morgan fingerprint density at radius 2 is 1.00 bits per heavy atom. The highest BCUT2D eigenvalue weighted by Crippen LogP contribution is 2.39. The highest BCUT2D eigenvalue weighted by molar-refractivity contribution is 6.21. The number of para-hydroxylation sites is 3. The average Bonchev–Trinajstić information content (AvgIpc) is 3.74. The van der Waals surface area contributed by atoms with Crippen LogP contribution in [0.4, 0.5) is 0 Å². The third kappa shape index (κ3) is 4.34. The van der Waals surface area contributed by atoms with Gasteiger partial charge in [0.05, 0.1) is 27.6 Å². The summed E-state index contributed by atoms with van der Waals surface area (Å²) < 4.78 is 4.60. The van der Waals surface area contributed by atoms with E-state index in [0.29, 0.717) is 5.95 Å². The molecule has 0 amide bonds. The molecule has 4 nitrogen and oxygen atoms in total. The van der Waals surface area contributed by atoms with Gasteiger partial charge in [-0.15, -0.1) is 0 Å². The zero-order valence-corrected chi connectivity index (χ0v) is 28.1. The van der Waals surface area contributed by atoms with Crippen molar-refractivity contribution >= 4 is 65.3 Å². The van der Waals surface area contributed by atoms with Crippen molar-refractivity contribution in [2.75, 3.05) is 0 Å². The molecule has 0 radical (unpaired) electrons. The van der Waals surface area contributed by atoms with Crippen LogP contribution in [0, 0.1) is 0 Å². The van der Waals surface area contributed by atoms with Gasteiger partial charge < -0.3 is 4.57 Å². The van der Waals surface area contributed by atoms with Gasteiger partial charge in [0.15, 0.2) is 0 Å². The van der Waals surface area contributed by atoms with Gasteiger partial charge in [-0.25, -0.2) is 9.97 Å². The lowest BCUT2D eigenvalue weighted by atomic mass is 9.97. The Hall–Kier alpha value is -7.04. The topological polar surface area (TPSA) is 35.6 Å². The molecule has 0 fully saturated rings. The molecule has 0 aliphatic rings. The second-order valence-corrected chi connectivity index (χ2v) is 13.5. The lowest BCUT2D eigenvalue weighted by molar-refractivity contribution is 1.01. The van der Waals surface area contributed by atoms with E-state index in [-0.39, 0.29) is 0 Å². The van der Waals surface area contributed by atoms with Crippen LogP contribution < -0.4 is 0 Å². The maximum atomic E-state index is 4.99. The standard InChI is InChI=1S/C48H30N4/c1-2-10-31(11-3-1)32-18-23-37(24-19-32)51-43-16-8-5-13-39(43)40-26-21-34(29-46(40)51)33-20-25-38-35(28-33)22-27-45-47(38)41-14-6-9-17-44(41)52(45)48-49-30-36-12-4-7-15-42(36)50-48/h1-30H. The Morgan fingerprint density at radius 1 is 0.365 bits per heavy atom. The molecule has 11 aromatic rings. The molecule has 0 atom stereocenters. The number of benzene rings is 8. The predicted octanol–water partition coefficient (Wildman–Crippen LogP) is 12.3. The van der Waals surface area contributed by atoms with Gasteiger partial charge in [-0.3, -0.25) is 4.57 Å². The van der Waals surface area contributed by atoms with Crippen molar-refractivity contribution in [1.29, 1.82) is 0 Å². The third-order valence-electron chi connectivity index (χ3n) is 10.6. The van der Waals surface area contributed by atoms with Gasteiger partial charge in [0.25, 0.3) is 0 Å². The molecule has 0 aliphatic carbocycles. The fourth-order valence-corrected chi connectivity index (χ4v) is 8.12. The Labute approximate surface area is 299 Å². The number of fused-ring (bicyclic) bond motifs is 9. The first kappa shape index (κ1) is 28.8. The zero-order chi connectivity index (χ0) is 34.2.